The largest absolute Gasteiger partial charge is 0.467 e. The summed E-state index contributed by atoms with van der Waals surface area (Å²) in [5.41, 5.74) is -2.71. The van der Waals surface area contributed by atoms with Gasteiger partial charge in [0.05, 0.1) is 18.1 Å². The Hall–Kier alpha value is -2.91. The van der Waals surface area contributed by atoms with Gasteiger partial charge in [-0.25, -0.2) is 4.79 Å². The zero-order chi connectivity index (χ0) is 23.3. The molecule has 2 atom stereocenters. The Morgan fingerprint density at radius 1 is 1.19 bits per heavy atom. The second-order valence-electron chi connectivity index (χ2n) is 8.58. The molecule has 1 aromatic rings. The molecule has 1 saturated carbocycles. The fourth-order valence-electron chi connectivity index (χ4n) is 4.73. The van der Waals surface area contributed by atoms with E-state index in [1.165, 1.54) is 24.1 Å². The van der Waals surface area contributed by atoms with E-state index in [9.17, 15) is 32.3 Å². The lowest BCUT2D eigenvalue weighted by atomic mass is 9.75. The van der Waals surface area contributed by atoms with E-state index >= 15 is 0 Å². The summed E-state index contributed by atoms with van der Waals surface area (Å²) in [5.74, 6) is -2.29. The van der Waals surface area contributed by atoms with Gasteiger partial charge < -0.3 is 9.64 Å². The molecule has 0 aromatic heterocycles. The number of hydrogen-bond acceptors (Lipinski definition) is 5. The van der Waals surface area contributed by atoms with Crippen LogP contribution in [0.15, 0.2) is 24.3 Å². The topological polar surface area (TPSA) is 84.0 Å². The SMILES string of the molecule is COC(=O)[C@@H]1CCCN1C(=O)CC1(c2cccc(C(F)(F)F)c2)CC(=O)N(C2CC2)C1=O. The molecular formula is C22H23F3N2O5. The van der Waals surface area contributed by atoms with Crippen molar-refractivity contribution >= 4 is 23.7 Å². The maximum absolute atomic E-state index is 13.5. The van der Waals surface area contributed by atoms with Gasteiger partial charge in [-0.3, -0.25) is 19.3 Å². The molecular weight excluding hydrogens is 429 g/mol. The summed E-state index contributed by atoms with van der Waals surface area (Å²) < 4.78 is 44.9. The van der Waals surface area contributed by atoms with Gasteiger partial charge in [-0.2, -0.15) is 13.2 Å². The third kappa shape index (κ3) is 3.75. The highest BCUT2D eigenvalue weighted by molar-refractivity contribution is 6.11. The molecule has 0 spiro atoms. The maximum Gasteiger partial charge on any atom is 0.416 e. The Morgan fingerprint density at radius 3 is 2.53 bits per heavy atom. The number of ether oxygens (including phenoxy) is 1. The van der Waals surface area contributed by atoms with Gasteiger partial charge in [-0.05, 0) is 37.3 Å². The van der Waals surface area contributed by atoms with Crippen molar-refractivity contribution in [1.82, 2.24) is 9.80 Å². The summed E-state index contributed by atoms with van der Waals surface area (Å²) in [6.45, 7) is 0.270. The van der Waals surface area contributed by atoms with Crippen molar-refractivity contribution in [3.63, 3.8) is 0 Å². The number of methoxy groups -OCH3 is 1. The molecule has 3 fully saturated rings. The van der Waals surface area contributed by atoms with Gasteiger partial charge >= 0.3 is 12.1 Å². The maximum atomic E-state index is 13.5. The fraction of sp³-hybridized carbons (Fsp3) is 0.545. The zero-order valence-electron chi connectivity index (χ0n) is 17.5. The average Bonchev–Trinajstić information content (AvgIpc) is 3.38. The second-order valence-corrected chi connectivity index (χ2v) is 8.58. The summed E-state index contributed by atoms with van der Waals surface area (Å²) in [5, 5.41) is 0. The lowest BCUT2D eigenvalue weighted by Gasteiger charge is -2.31. The van der Waals surface area contributed by atoms with E-state index in [1.54, 1.807) is 0 Å². The summed E-state index contributed by atoms with van der Waals surface area (Å²) in [6.07, 6.45) is -3.28. The quantitative estimate of drug-likeness (QED) is 0.506. The Kier molecular flexibility index (Phi) is 5.50. The number of amides is 3. The average molecular weight is 452 g/mol. The van der Waals surface area contributed by atoms with Gasteiger partial charge in [0.15, 0.2) is 0 Å². The van der Waals surface area contributed by atoms with Crippen molar-refractivity contribution in [2.75, 3.05) is 13.7 Å². The molecule has 1 unspecified atom stereocenters. The van der Waals surface area contributed by atoms with Crippen molar-refractivity contribution in [3.8, 4) is 0 Å². The van der Waals surface area contributed by atoms with Gasteiger partial charge in [0.25, 0.3) is 0 Å². The van der Waals surface area contributed by atoms with Crippen molar-refractivity contribution < 1.29 is 37.1 Å². The molecule has 0 radical (unpaired) electrons. The Bertz CT molecular complexity index is 975. The minimum absolute atomic E-state index is 0.0176. The van der Waals surface area contributed by atoms with E-state index in [2.05, 4.69) is 0 Å². The number of carbonyl (C=O) groups is 4. The lowest BCUT2D eigenvalue weighted by molar-refractivity contribution is -0.152. The van der Waals surface area contributed by atoms with Gasteiger partial charge in [0, 0.05) is 25.4 Å². The highest BCUT2D eigenvalue weighted by Gasteiger charge is 2.58. The molecule has 32 heavy (non-hydrogen) atoms. The van der Waals surface area contributed by atoms with Crippen LogP contribution in [0.25, 0.3) is 0 Å². The number of likely N-dealkylation sites (tertiary alicyclic amines) is 2. The first-order chi connectivity index (χ1) is 15.1. The first kappa shape index (κ1) is 22.3. The number of carbonyl (C=O) groups excluding carboxylic acids is 4. The zero-order valence-corrected chi connectivity index (χ0v) is 17.5. The summed E-state index contributed by atoms with van der Waals surface area (Å²) >= 11 is 0. The van der Waals surface area contributed by atoms with E-state index in [0.29, 0.717) is 25.7 Å². The van der Waals surface area contributed by atoms with Crippen LogP contribution in [0.2, 0.25) is 0 Å². The van der Waals surface area contributed by atoms with Crippen molar-refractivity contribution in [1.29, 1.82) is 0 Å². The molecule has 172 valence electrons. The molecule has 0 bridgehead atoms. The molecule has 3 amide bonds. The van der Waals surface area contributed by atoms with Gasteiger partial charge in [-0.15, -0.1) is 0 Å². The Morgan fingerprint density at radius 2 is 1.91 bits per heavy atom. The first-order valence-electron chi connectivity index (χ1n) is 10.5. The van der Waals surface area contributed by atoms with Gasteiger partial charge in [0.2, 0.25) is 17.7 Å². The van der Waals surface area contributed by atoms with Crippen LogP contribution >= 0.6 is 0 Å². The number of hydrogen-bond donors (Lipinski definition) is 0. The van der Waals surface area contributed by atoms with Crippen LogP contribution < -0.4 is 0 Å². The van der Waals surface area contributed by atoms with E-state index in [0.717, 1.165) is 17.0 Å². The Labute approximate surface area is 182 Å². The molecule has 1 aromatic carbocycles. The molecule has 0 N–H and O–H groups in total. The number of halogens is 3. The monoisotopic (exact) mass is 452 g/mol. The highest BCUT2D eigenvalue weighted by Crippen LogP contribution is 2.46. The van der Waals surface area contributed by atoms with Gasteiger partial charge in [0.1, 0.15) is 6.04 Å². The third-order valence-corrected chi connectivity index (χ3v) is 6.50. The molecule has 2 aliphatic heterocycles. The van der Waals surface area contributed by atoms with Crippen LogP contribution in [-0.4, -0.2) is 59.2 Å². The van der Waals surface area contributed by atoms with Crippen LogP contribution in [0.1, 0.15) is 49.7 Å². The number of benzene rings is 1. The minimum atomic E-state index is -4.64. The number of nitrogens with zero attached hydrogens (tertiary/aromatic N) is 2. The van der Waals surface area contributed by atoms with Crippen LogP contribution in [0.5, 0.6) is 0 Å². The van der Waals surface area contributed by atoms with Gasteiger partial charge in [-0.1, -0.05) is 18.2 Å². The predicted molar refractivity (Wildman–Crippen MR) is 104 cm³/mol. The van der Waals surface area contributed by atoms with Crippen LogP contribution in [-0.2, 0) is 35.5 Å². The van der Waals surface area contributed by atoms with Crippen molar-refractivity contribution in [3.05, 3.63) is 35.4 Å². The highest BCUT2D eigenvalue weighted by atomic mass is 19.4. The first-order valence-corrected chi connectivity index (χ1v) is 10.5. The fourth-order valence-corrected chi connectivity index (χ4v) is 4.73. The lowest BCUT2D eigenvalue weighted by Crippen LogP contribution is -2.47. The molecule has 3 aliphatic rings. The third-order valence-electron chi connectivity index (χ3n) is 6.50. The summed E-state index contributed by atoms with van der Waals surface area (Å²) in [6, 6.07) is 3.18. The number of imide groups is 1. The predicted octanol–water partition coefficient (Wildman–Crippen LogP) is 2.42. The standard InChI is InChI=1S/C22H23F3N2O5/c1-32-19(30)16-6-3-9-26(16)17(28)11-21(12-18(29)27(20(21)31)15-7-8-15)13-4-2-5-14(10-13)22(23,24)25/h2,4-5,10,15-16H,3,6-9,11-12H2,1H3/t16-,21?/m0/s1. The summed E-state index contributed by atoms with van der Waals surface area (Å²) in [4.78, 5) is 53.9. The summed E-state index contributed by atoms with van der Waals surface area (Å²) in [7, 11) is 1.21. The smallest absolute Gasteiger partial charge is 0.416 e. The molecule has 7 nitrogen and oxygen atoms in total. The Balaban J connectivity index is 1.73. The molecule has 10 heteroatoms. The number of alkyl halides is 3. The molecule has 1 aliphatic carbocycles. The van der Waals surface area contributed by atoms with Crippen molar-refractivity contribution in [2.45, 2.75) is 62.2 Å². The molecule has 2 heterocycles. The normalized spacial score (nSPS) is 26.1. The van der Waals surface area contributed by atoms with E-state index in [-0.39, 0.29) is 24.6 Å². The molecule has 4 rings (SSSR count). The van der Waals surface area contributed by atoms with E-state index in [4.69, 9.17) is 4.74 Å². The minimum Gasteiger partial charge on any atom is -0.467 e. The molecule has 2 saturated heterocycles. The number of rotatable bonds is 5. The van der Waals surface area contributed by atoms with Crippen LogP contribution in [0.3, 0.4) is 0 Å². The van der Waals surface area contributed by atoms with E-state index < -0.39 is 53.3 Å². The van der Waals surface area contributed by atoms with Crippen LogP contribution in [0, 0.1) is 0 Å². The van der Waals surface area contributed by atoms with E-state index in [1.807, 2.05) is 0 Å². The second kappa shape index (κ2) is 7.90. The van der Waals surface area contributed by atoms with Crippen LogP contribution in [0.4, 0.5) is 13.2 Å². The van der Waals surface area contributed by atoms with Crippen molar-refractivity contribution in [2.24, 2.45) is 0 Å². The number of esters is 1.